The molecule has 0 N–H and O–H groups in total. The zero-order chi connectivity index (χ0) is 12.8. The Labute approximate surface area is 119 Å². The summed E-state index contributed by atoms with van der Waals surface area (Å²) in [6.45, 7) is 0. The van der Waals surface area contributed by atoms with Crippen molar-refractivity contribution in [1.82, 2.24) is 0 Å². The van der Waals surface area contributed by atoms with Crippen LogP contribution >= 0.6 is 77.4 Å². The third kappa shape index (κ3) is 4.13. The summed E-state index contributed by atoms with van der Waals surface area (Å²) < 4.78 is 27.3. The molecule has 0 amide bonds. The summed E-state index contributed by atoms with van der Waals surface area (Å²) >= 11 is 32.2. The van der Waals surface area contributed by atoms with Crippen molar-refractivity contribution in [3.63, 3.8) is 0 Å². The lowest BCUT2D eigenvalue weighted by atomic mass is 10.6. The molecule has 0 bridgehead atoms. The Bertz CT molecular complexity index is 400. The number of halogens is 8. The molecule has 0 aromatic carbocycles. The molecule has 3 nitrogen and oxygen atoms in total. The van der Waals surface area contributed by atoms with E-state index in [1.54, 1.807) is 0 Å². The molecular formula is C4Cl6F2N3P. The van der Waals surface area contributed by atoms with Gasteiger partial charge in [0.2, 0.25) is 7.59 Å². The van der Waals surface area contributed by atoms with E-state index in [1.165, 1.54) is 0 Å². The van der Waals surface area contributed by atoms with Crippen molar-refractivity contribution in [2.75, 3.05) is 0 Å². The van der Waals surface area contributed by atoms with Gasteiger partial charge in [0, 0.05) is 0 Å². The Hall–Kier alpha value is 1.17. The van der Waals surface area contributed by atoms with E-state index in [1.807, 2.05) is 0 Å². The zero-order valence-corrected chi connectivity index (χ0v) is 12.2. The minimum Gasteiger partial charge on any atom is -0.208 e. The highest BCUT2D eigenvalue weighted by atomic mass is 35.6. The van der Waals surface area contributed by atoms with Crippen molar-refractivity contribution in [3.05, 3.63) is 0 Å². The maximum atomic E-state index is 13.1. The van der Waals surface area contributed by atoms with Crippen LogP contribution in [-0.4, -0.2) is 19.3 Å². The van der Waals surface area contributed by atoms with Gasteiger partial charge in [-0.3, -0.25) is 0 Å². The summed E-state index contributed by atoms with van der Waals surface area (Å²) in [6, 6.07) is 0. The molecule has 16 heavy (non-hydrogen) atoms. The Morgan fingerprint density at radius 2 is 1.31 bits per heavy atom. The van der Waals surface area contributed by atoms with E-state index in [4.69, 9.17) is 69.6 Å². The number of rotatable bonds is 0. The fourth-order valence-corrected chi connectivity index (χ4v) is 2.39. The van der Waals surface area contributed by atoms with Crippen molar-refractivity contribution in [2.45, 2.75) is 7.59 Å². The molecule has 0 atom stereocenters. The molecule has 0 aromatic heterocycles. The van der Waals surface area contributed by atoms with Crippen LogP contribution in [0.5, 0.6) is 0 Å². The topological polar surface area (TPSA) is 37.1 Å². The van der Waals surface area contributed by atoms with Gasteiger partial charge in [0.05, 0.1) is 0 Å². The van der Waals surface area contributed by atoms with Gasteiger partial charge in [0.1, 0.15) is 0 Å². The van der Waals surface area contributed by atoms with Gasteiger partial charge in [-0.25, -0.2) is 4.99 Å². The second-order valence-electron chi connectivity index (χ2n) is 2.41. The summed E-state index contributed by atoms with van der Waals surface area (Å²) in [5.41, 5.74) is 0. The van der Waals surface area contributed by atoms with Crippen LogP contribution < -0.4 is 0 Å². The monoisotopic (exact) mass is 369 g/mol. The van der Waals surface area contributed by atoms with Gasteiger partial charge in [0.25, 0.3) is 0 Å². The summed E-state index contributed by atoms with van der Waals surface area (Å²) in [5.74, 6) is -1.51. The molecule has 0 aromatic rings. The highest BCUT2D eigenvalue weighted by molar-refractivity contribution is 7.55. The first-order valence-electron chi connectivity index (χ1n) is 3.27. The molecule has 0 radical (unpaired) electrons. The number of amidine groups is 2. The predicted octanol–water partition coefficient (Wildman–Crippen LogP) is 5.42. The summed E-state index contributed by atoms with van der Waals surface area (Å²) in [5, 5.41) is 0. The molecule has 0 saturated heterocycles. The molecule has 0 saturated carbocycles. The maximum Gasteiger partial charge on any atom is 0.420 e. The highest BCUT2D eigenvalue weighted by Gasteiger charge is 2.40. The van der Waals surface area contributed by atoms with Crippen molar-refractivity contribution in [2.24, 2.45) is 14.5 Å². The molecule has 0 aliphatic carbocycles. The van der Waals surface area contributed by atoms with Crippen molar-refractivity contribution >= 4 is 89.1 Å². The first kappa shape index (κ1) is 15.2. The number of alkyl halides is 6. The van der Waals surface area contributed by atoms with Crippen molar-refractivity contribution in [1.29, 1.82) is 0 Å². The van der Waals surface area contributed by atoms with E-state index >= 15 is 0 Å². The number of hydrogen-bond donors (Lipinski definition) is 0. The lowest BCUT2D eigenvalue weighted by Gasteiger charge is -2.18. The minimum atomic E-state index is -5.07. The molecule has 0 spiro atoms. The second kappa shape index (κ2) is 4.69. The zero-order valence-electron chi connectivity index (χ0n) is 6.81. The van der Waals surface area contributed by atoms with Gasteiger partial charge in [0.15, 0.2) is 11.7 Å². The van der Waals surface area contributed by atoms with Gasteiger partial charge < -0.3 is 0 Å². The van der Waals surface area contributed by atoms with Crippen LogP contribution in [0.3, 0.4) is 0 Å². The standard InChI is InChI=1S/C4Cl6F2N3P/c5-3(6,7)1-13-2(4(8,9)10)15-16(11,12)14-1. The van der Waals surface area contributed by atoms with Crippen LogP contribution in [0.15, 0.2) is 14.5 Å². The van der Waals surface area contributed by atoms with E-state index in [0.717, 1.165) is 0 Å². The molecule has 92 valence electrons. The molecule has 1 aliphatic rings. The minimum absolute atomic E-state index is 0.757. The average Bonchev–Trinajstić information content (AvgIpc) is 1.97. The first-order chi connectivity index (χ1) is 6.92. The second-order valence-corrected chi connectivity index (χ2v) is 8.28. The van der Waals surface area contributed by atoms with Crippen LogP contribution in [0.1, 0.15) is 0 Å². The molecular weight excluding hydrogens is 372 g/mol. The Balaban J connectivity index is 3.33. The number of nitrogens with zero attached hydrogens (tertiary/aromatic N) is 3. The molecule has 0 fully saturated rings. The van der Waals surface area contributed by atoms with E-state index < -0.39 is 27.1 Å². The fourth-order valence-electron chi connectivity index (χ4n) is 0.635. The lowest BCUT2D eigenvalue weighted by Crippen LogP contribution is -2.25. The van der Waals surface area contributed by atoms with Gasteiger partial charge in [-0.05, 0) is 0 Å². The Morgan fingerprint density at radius 1 is 0.875 bits per heavy atom. The Kier molecular flexibility index (Phi) is 4.46. The van der Waals surface area contributed by atoms with Gasteiger partial charge in [-0.1, -0.05) is 69.6 Å². The number of aliphatic imine (C=N–C) groups is 1. The summed E-state index contributed by atoms with van der Waals surface area (Å²) in [4.78, 5) is 3.38. The molecule has 1 rings (SSSR count). The molecule has 1 aliphatic heterocycles. The van der Waals surface area contributed by atoms with Gasteiger partial charge >= 0.3 is 7.83 Å². The van der Waals surface area contributed by atoms with Crippen LogP contribution in [-0.2, 0) is 0 Å². The fraction of sp³-hybridized carbons (Fsp3) is 0.500. The highest BCUT2D eigenvalue weighted by Crippen LogP contribution is 2.58. The lowest BCUT2D eigenvalue weighted by molar-refractivity contribution is 0.723. The largest absolute Gasteiger partial charge is 0.420 e. The van der Waals surface area contributed by atoms with Crippen LogP contribution in [0.25, 0.3) is 0 Å². The molecule has 1 heterocycles. The van der Waals surface area contributed by atoms with E-state index in [2.05, 4.69) is 14.5 Å². The number of hydrogen-bond acceptors (Lipinski definition) is 3. The van der Waals surface area contributed by atoms with Crippen LogP contribution in [0, 0.1) is 0 Å². The SMILES string of the molecule is FP1(F)=NC(C(Cl)(Cl)Cl)=NC(C(Cl)(Cl)Cl)=N1. The maximum absolute atomic E-state index is 13.1. The van der Waals surface area contributed by atoms with Gasteiger partial charge in [-0.2, -0.15) is 9.51 Å². The van der Waals surface area contributed by atoms with Gasteiger partial charge in [-0.15, -0.1) is 8.39 Å². The Morgan fingerprint density at radius 3 is 1.69 bits per heavy atom. The smallest absolute Gasteiger partial charge is 0.208 e. The summed E-state index contributed by atoms with van der Waals surface area (Å²) in [7, 11) is -5.07. The van der Waals surface area contributed by atoms with Crippen LogP contribution in [0.2, 0.25) is 0 Å². The quantitative estimate of drug-likeness (QED) is 0.402. The van der Waals surface area contributed by atoms with E-state index in [0.29, 0.717) is 0 Å². The van der Waals surface area contributed by atoms with Crippen molar-refractivity contribution < 1.29 is 8.39 Å². The van der Waals surface area contributed by atoms with Crippen LogP contribution in [0.4, 0.5) is 8.39 Å². The van der Waals surface area contributed by atoms with E-state index in [-0.39, 0.29) is 0 Å². The first-order valence-corrected chi connectivity index (χ1v) is 7.01. The normalized spacial score (nSPS) is 21.0. The summed E-state index contributed by atoms with van der Waals surface area (Å²) in [6.07, 6.45) is 0. The molecule has 12 heteroatoms. The average molecular weight is 372 g/mol. The van der Waals surface area contributed by atoms with E-state index in [9.17, 15) is 8.39 Å². The third-order valence-corrected chi connectivity index (χ3v) is 3.02. The predicted molar refractivity (Wildman–Crippen MR) is 67.0 cm³/mol. The third-order valence-electron chi connectivity index (χ3n) is 1.15. The molecule has 0 unspecified atom stereocenters. The van der Waals surface area contributed by atoms with Crippen molar-refractivity contribution in [3.8, 4) is 0 Å².